The summed E-state index contributed by atoms with van der Waals surface area (Å²) in [4.78, 5) is 16.7. The summed E-state index contributed by atoms with van der Waals surface area (Å²) in [5.41, 5.74) is -1.06. The lowest BCUT2D eigenvalue weighted by molar-refractivity contribution is -0.126. The number of nitrogens with one attached hydrogen (secondary N) is 1. The number of thioether (sulfide) groups is 1. The van der Waals surface area contributed by atoms with Gasteiger partial charge in [-0.2, -0.15) is 0 Å². The van der Waals surface area contributed by atoms with E-state index in [9.17, 15) is 9.90 Å². The number of hydrogen-bond donors (Lipinski definition) is 2. The lowest BCUT2D eigenvalue weighted by atomic mass is 9.91. The van der Waals surface area contributed by atoms with E-state index in [1.54, 1.807) is 20.8 Å². The Morgan fingerprint density at radius 3 is 2.50 bits per heavy atom. The number of carbonyl (C=O) groups is 1. The van der Waals surface area contributed by atoms with Crippen LogP contribution in [0, 0.1) is 0 Å². The van der Waals surface area contributed by atoms with E-state index in [0.29, 0.717) is 11.2 Å². The maximum atomic E-state index is 12.0. The van der Waals surface area contributed by atoms with Gasteiger partial charge in [0.1, 0.15) is 4.75 Å². The van der Waals surface area contributed by atoms with Gasteiger partial charge in [0.2, 0.25) is 5.91 Å². The third-order valence-electron chi connectivity index (χ3n) is 4.00. The minimum absolute atomic E-state index is 0.144. The van der Waals surface area contributed by atoms with E-state index < -0.39 is 10.3 Å². The molecule has 2 rings (SSSR count). The van der Waals surface area contributed by atoms with Crippen molar-refractivity contribution in [1.29, 1.82) is 0 Å². The predicted molar refractivity (Wildman–Crippen MR) is 74.7 cm³/mol. The fraction of sp³-hybridized carbons (Fsp3) is 0.846. The molecule has 0 spiro atoms. The molecule has 0 aromatic rings. The molecule has 0 aromatic carbocycles. The third kappa shape index (κ3) is 2.57. The molecule has 2 fully saturated rings. The highest BCUT2D eigenvalue weighted by Gasteiger charge is 2.52. The second-order valence-corrected chi connectivity index (χ2v) is 7.28. The topological polar surface area (TPSA) is 61.7 Å². The molecule has 1 aliphatic carbocycles. The van der Waals surface area contributed by atoms with Crippen LogP contribution in [0.2, 0.25) is 0 Å². The molecule has 18 heavy (non-hydrogen) atoms. The molecule has 1 heterocycles. The zero-order chi connectivity index (χ0) is 13.4. The molecule has 0 aromatic heterocycles. The van der Waals surface area contributed by atoms with Gasteiger partial charge < -0.3 is 10.4 Å². The molecular formula is C13H22N2O2S. The van der Waals surface area contributed by atoms with Gasteiger partial charge in [-0.3, -0.25) is 9.79 Å². The first-order valence-corrected chi connectivity index (χ1v) is 7.45. The normalized spacial score (nSPS) is 32.9. The Balaban J connectivity index is 2.10. The van der Waals surface area contributed by atoms with Crippen LogP contribution in [-0.2, 0) is 4.79 Å². The van der Waals surface area contributed by atoms with Crippen LogP contribution in [-0.4, -0.2) is 32.6 Å². The predicted octanol–water partition coefficient (Wildman–Crippen LogP) is 2.07. The van der Waals surface area contributed by atoms with E-state index in [-0.39, 0.29) is 5.91 Å². The van der Waals surface area contributed by atoms with Crippen LogP contribution in [0.4, 0.5) is 0 Å². The Bertz CT molecular complexity index is 370. The Labute approximate surface area is 113 Å². The molecule has 2 N–H and O–H groups in total. The Kier molecular flexibility index (Phi) is 3.74. The average Bonchev–Trinajstić information content (AvgIpc) is 2.56. The molecule has 1 amide bonds. The van der Waals surface area contributed by atoms with Crippen molar-refractivity contribution < 1.29 is 9.90 Å². The summed E-state index contributed by atoms with van der Waals surface area (Å²) < 4.78 is -0.847. The maximum absolute atomic E-state index is 12.0. The van der Waals surface area contributed by atoms with Crippen molar-refractivity contribution in [2.45, 2.75) is 69.3 Å². The maximum Gasteiger partial charge on any atom is 0.245 e. The monoisotopic (exact) mass is 270 g/mol. The molecule has 102 valence electrons. The number of rotatable bonds is 2. The standard InChI is InChI=1S/C13H22N2O2S/c1-12(2,17)13(3)10(16)15-11(18-13)14-9-7-5-4-6-8-9/h9,17H,4-8H2,1-3H3,(H,14,15,16). The van der Waals surface area contributed by atoms with Crippen molar-refractivity contribution in [3.8, 4) is 0 Å². The molecular weight excluding hydrogens is 248 g/mol. The van der Waals surface area contributed by atoms with Gasteiger partial charge in [-0.05, 0) is 33.6 Å². The van der Waals surface area contributed by atoms with Crippen LogP contribution in [0.3, 0.4) is 0 Å². The first-order valence-electron chi connectivity index (χ1n) is 6.63. The minimum atomic E-state index is -1.06. The van der Waals surface area contributed by atoms with Crippen LogP contribution in [0.1, 0.15) is 52.9 Å². The lowest BCUT2D eigenvalue weighted by Crippen LogP contribution is -2.50. The molecule has 2 aliphatic rings. The van der Waals surface area contributed by atoms with E-state index in [2.05, 4.69) is 10.3 Å². The van der Waals surface area contributed by atoms with Crippen LogP contribution in [0.25, 0.3) is 0 Å². The highest BCUT2D eigenvalue weighted by molar-refractivity contribution is 8.16. The summed E-state index contributed by atoms with van der Waals surface area (Å²) in [6.45, 7) is 5.11. The van der Waals surface area contributed by atoms with Gasteiger partial charge in [-0.25, -0.2) is 0 Å². The second-order valence-electron chi connectivity index (χ2n) is 5.87. The largest absolute Gasteiger partial charge is 0.388 e. The fourth-order valence-corrected chi connectivity index (χ4v) is 3.44. The summed E-state index contributed by atoms with van der Waals surface area (Å²) in [6, 6.07) is 0.339. The number of nitrogens with zero attached hydrogens (tertiary/aromatic N) is 1. The molecule has 0 bridgehead atoms. The summed E-state index contributed by atoms with van der Waals surface area (Å²) in [7, 11) is 0. The van der Waals surface area contributed by atoms with E-state index in [1.807, 2.05) is 0 Å². The first-order chi connectivity index (χ1) is 8.33. The Morgan fingerprint density at radius 1 is 1.39 bits per heavy atom. The van der Waals surface area contributed by atoms with Crippen LogP contribution < -0.4 is 5.32 Å². The zero-order valence-electron chi connectivity index (χ0n) is 11.3. The van der Waals surface area contributed by atoms with Crippen molar-refractivity contribution >= 4 is 22.8 Å². The molecule has 4 nitrogen and oxygen atoms in total. The van der Waals surface area contributed by atoms with E-state index in [1.165, 1.54) is 31.0 Å². The van der Waals surface area contributed by atoms with Crippen molar-refractivity contribution in [3.05, 3.63) is 0 Å². The molecule has 0 radical (unpaired) electrons. The molecule has 1 aliphatic heterocycles. The number of amides is 1. The highest BCUT2D eigenvalue weighted by Crippen LogP contribution is 2.40. The second kappa shape index (κ2) is 4.85. The van der Waals surface area contributed by atoms with Crippen molar-refractivity contribution in [1.82, 2.24) is 5.32 Å². The van der Waals surface area contributed by atoms with E-state index in [4.69, 9.17) is 0 Å². The van der Waals surface area contributed by atoms with Crippen LogP contribution >= 0.6 is 11.8 Å². The van der Waals surface area contributed by atoms with E-state index in [0.717, 1.165) is 12.8 Å². The van der Waals surface area contributed by atoms with Gasteiger partial charge in [0, 0.05) is 0 Å². The van der Waals surface area contributed by atoms with Crippen LogP contribution in [0.5, 0.6) is 0 Å². The summed E-state index contributed by atoms with van der Waals surface area (Å²) >= 11 is 1.36. The zero-order valence-corrected chi connectivity index (χ0v) is 12.1. The van der Waals surface area contributed by atoms with Gasteiger partial charge in [-0.15, -0.1) is 0 Å². The summed E-state index contributed by atoms with van der Waals surface area (Å²) in [5, 5.41) is 13.6. The number of aliphatic hydroxyl groups is 1. The van der Waals surface area contributed by atoms with Gasteiger partial charge in [-0.1, -0.05) is 31.0 Å². The number of amidine groups is 1. The smallest absolute Gasteiger partial charge is 0.245 e. The first kappa shape index (κ1) is 13.9. The van der Waals surface area contributed by atoms with Gasteiger partial charge in [0.25, 0.3) is 0 Å². The van der Waals surface area contributed by atoms with E-state index >= 15 is 0 Å². The fourth-order valence-electron chi connectivity index (χ4n) is 2.32. The molecule has 1 atom stereocenters. The average molecular weight is 270 g/mol. The Hall–Kier alpha value is -0.550. The van der Waals surface area contributed by atoms with Gasteiger partial charge in [0.15, 0.2) is 5.17 Å². The highest BCUT2D eigenvalue weighted by atomic mass is 32.2. The number of aliphatic imine (C=N–C) groups is 1. The van der Waals surface area contributed by atoms with Gasteiger partial charge in [0.05, 0.1) is 11.6 Å². The summed E-state index contributed by atoms with van der Waals surface area (Å²) in [6.07, 6.45) is 5.96. The molecule has 1 saturated carbocycles. The molecule has 1 saturated heterocycles. The number of hydrogen-bond acceptors (Lipinski definition) is 4. The van der Waals surface area contributed by atoms with Crippen molar-refractivity contribution in [3.63, 3.8) is 0 Å². The van der Waals surface area contributed by atoms with Gasteiger partial charge >= 0.3 is 0 Å². The minimum Gasteiger partial charge on any atom is -0.388 e. The molecule has 5 heteroatoms. The van der Waals surface area contributed by atoms with Crippen molar-refractivity contribution in [2.75, 3.05) is 0 Å². The molecule has 1 unspecified atom stereocenters. The van der Waals surface area contributed by atoms with Crippen LogP contribution in [0.15, 0.2) is 4.99 Å². The number of carbonyl (C=O) groups excluding carboxylic acids is 1. The summed E-state index contributed by atoms with van der Waals surface area (Å²) in [5.74, 6) is -0.144. The quantitative estimate of drug-likeness (QED) is 0.807. The lowest BCUT2D eigenvalue weighted by Gasteiger charge is -2.32. The third-order valence-corrected chi connectivity index (χ3v) is 5.49. The Morgan fingerprint density at radius 2 is 2.00 bits per heavy atom. The SMILES string of the molecule is CC(C)(O)C1(C)SC(=NC2CCCCC2)NC1=O. The van der Waals surface area contributed by atoms with Crippen molar-refractivity contribution in [2.24, 2.45) is 4.99 Å².